The maximum Gasteiger partial charge on any atom is 0.117 e. The van der Waals surface area contributed by atoms with Crippen LogP contribution in [-0.4, -0.2) is 28.3 Å². The summed E-state index contributed by atoms with van der Waals surface area (Å²) < 4.78 is 7.35. The van der Waals surface area contributed by atoms with Crippen LogP contribution >= 0.6 is 0 Å². The van der Waals surface area contributed by atoms with E-state index >= 15 is 0 Å². The number of hydrogen-bond donors (Lipinski definition) is 1. The lowest BCUT2D eigenvalue weighted by Gasteiger charge is -2.25. The molecule has 0 fully saturated rings. The van der Waals surface area contributed by atoms with Gasteiger partial charge >= 0.3 is 0 Å². The summed E-state index contributed by atoms with van der Waals surface area (Å²) >= 11 is 0. The van der Waals surface area contributed by atoms with E-state index in [4.69, 9.17) is 10.2 Å². The first-order valence-electron chi connectivity index (χ1n) is 6.69. The van der Waals surface area contributed by atoms with Crippen LogP contribution in [0.3, 0.4) is 0 Å². The van der Waals surface area contributed by atoms with Crippen LogP contribution in [0.1, 0.15) is 30.7 Å². The number of aryl methyl sites for hydroxylation is 1. The maximum atomic E-state index is 5.91. The summed E-state index contributed by atoms with van der Waals surface area (Å²) in [5, 5.41) is 4.37. The van der Waals surface area contributed by atoms with Crippen molar-refractivity contribution in [2.75, 3.05) is 13.6 Å². The van der Waals surface area contributed by atoms with Crippen molar-refractivity contribution in [1.29, 1.82) is 0 Å². The van der Waals surface area contributed by atoms with Gasteiger partial charge in [-0.2, -0.15) is 5.10 Å². The Bertz CT molecular complexity index is 477. The molecule has 0 radical (unpaired) electrons. The number of nitrogens with zero attached hydrogens (tertiary/aromatic N) is 3. The molecule has 2 aromatic rings. The molecule has 1 atom stereocenters. The molecule has 0 aliphatic carbocycles. The Morgan fingerprint density at radius 3 is 3.00 bits per heavy atom. The first-order chi connectivity index (χ1) is 9.24. The van der Waals surface area contributed by atoms with Crippen LogP contribution in [-0.2, 0) is 13.1 Å². The summed E-state index contributed by atoms with van der Waals surface area (Å²) in [7, 11) is 2.05. The van der Waals surface area contributed by atoms with Crippen molar-refractivity contribution in [2.45, 2.75) is 32.5 Å². The number of aromatic nitrogens is 2. The Labute approximate surface area is 114 Å². The smallest absolute Gasteiger partial charge is 0.117 e. The quantitative estimate of drug-likeness (QED) is 0.829. The van der Waals surface area contributed by atoms with E-state index in [2.05, 4.69) is 30.2 Å². The van der Waals surface area contributed by atoms with Gasteiger partial charge < -0.3 is 10.2 Å². The molecule has 19 heavy (non-hydrogen) atoms. The lowest BCUT2D eigenvalue weighted by Crippen LogP contribution is -2.29. The highest BCUT2D eigenvalue weighted by atomic mass is 16.3. The van der Waals surface area contributed by atoms with Gasteiger partial charge in [0.15, 0.2) is 0 Å². The van der Waals surface area contributed by atoms with Crippen molar-refractivity contribution < 1.29 is 4.42 Å². The summed E-state index contributed by atoms with van der Waals surface area (Å²) in [6.45, 7) is 4.40. The van der Waals surface area contributed by atoms with Gasteiger partial charge in [0.25, 0.3) is 0 Å². The van der Waals surface area contributed by atoms with E-state index in [0.717, 1.165) is 30.8 Å². The van der Waals surface area contributed by atoms with Gasteiger partial charge in [-0.25, -0.2) is 0 Å². The highest BCUT2D eigenvalue weighted by Crippen LogP contribution is 2.20. The molecule has 2 aromatic heterocycles. The van der Waals surface area contributed by atoms with Crippen molar-refractivity contribution in [2.24, 2.45) is 5.73 Å². The molecule has 0 bridgehead atoms. The highest BCUT2D eigenvalue weighted by molar-refractivity contribution is 5.12. The zero-order chi connectivity index (χ0) is 13.7. The minimum atomic E-state index is 0.163. The second kappa shape index (κ2) is 6.54. The summed E-state index contributed by atoms with van der Waals surface area (Å²) in [5.41, 5.74) is 7.07. The molecule has 5 nitrogen and oxygen atoms in total. The van der Waals surface area contributed by atoms with Gasteiger partial charge in [-0.15, -0.1) is 0 Å². The van der Waals surface area contributed by atoms with Crippen LogP contribution in [0.5, 0.6) is 0 Å². The zero-order valence-corrected chi connectivity index (χ0v) is 11.6. The van der Waals surface area contributed by atoms with Gasteiger partial charge in [-0.1, -0.05) is 6.92 Å². The van der Waals surface area contributed by atoms with Crippen LogP contribution in [0.25, 0.3) is 0 Å². The van der Waals surface area contributed by atoms with E-state index in [1.165, 1.54) is 0 Å². The van der Waals surface area contributed by atoms with Gasteiger partial charge in [0, 0.05) is 24.8 Å². The molecule has 0 saturated carbocycles. The number of nitrogens with two attached hydrogens (primary N) is 1. The second-order valence-electron chi connectivity index (χ2n) is 4.78. The van der Waals surface area contributed by atoms with Crippen LogP contribution in [0.4, 0.5) is 0 Å². The second-order valence-corrected chi connectivity index (χ2v) is 4.78. The SMILES string of the molecule is CCCn1cc(C(CN)N(C)Cc2ccco2)cn1. The fourth-order valence-electron chi connectivity index (χ4n) is 2.23. The Kier molecular flexibility index (Phi) is 4.76. The molecule has 2 rings (SSSR count). The fourth-order valence-corrected chi connectivity index (χ4v) is 2.23. The van der Waals surface area contributed by atoms with Gasteiger partial charge in [-0.05, 0) is 25.6 Å². The number of likely N-dealkylation sites (N-methyl/N-ethyl adjacent to an activating group) is 1. The Morgan fingerprint density at radius 2 is 2.37 bits per heavy atom. The molecular formula is C14H22N4O. The molecular weight excluding hydrogens is 240 g/mol. The van der Waals surface area contributed by atoms with Crippen molar-refractivity contribution in [3.63, 3.8) is 0 Å². The third-order valence-corrected chi connectivity index (χ3v) is 3.23. The molecule has 0 aromatic carbocycles. The standard InChI is InChI=1S/C14H22N4O/c1-3-6-18-10-12(9-16-18)14(8-15)17(2)11-13-5-4-7-19-13/h4-5,7,9-10,14H,3,6,8,11,15H2,1-2H3. The average molecular weight is 262 g/mol. The Balaban J connectivity index is 2.05. The molecule has 2 heterocycles. The number of furan rings is 1. The first-order valence-corrected chi connectivity index (χ1v) is 6.69. The van der Waals surface area contributed by atoms with Gasteiger partial charge in [0.2, 0.25) is 0 Å². The predicted octanol–water partition coefficient (Wildman–Crippen LogP) is 2.02. The van der Waals surface area contributed by atoms with Crippen molar-refractivity contribution in [3.05, 3.63) is 42.1 Å². The van der Waals surface area contributed by atoms with E-state index in [9.17, 15) is 0 Å². The normalized spacial score (nSPS) is 13.1. The predicted molar refractivity (Wildman–Crippen MR) is 74.5 cm³/mol. The summed E-state index contributed by atoms with van der Waals surface area (Å²) in [6, 6.07) is 4.04. The van der Waals surface area contributed by atoms with E-state index in [0.29, 0.717) is 6.54 Å². The number of rotatable bonds is 7. The molecule has 0 aliphatic heterocycles. The molecule has 0 amide bonds. The van der Waals surface area contributed by atoms with Crippen LogP contribution in [0, 0.1) is 0 Å². The third kappa shape index (κ3) is 3.45. The van der Waals surface area contributed by atoms with E-state index < -0.39 is 0 Å². The Hall–Kier alpha value is -1.59. The number of hydrogen-bond acceptors (Lipinski definition) is 4. The topological polar surface area (TPSA) is 60.2 Å². The van der Waals surface area contributed by atoms with Gasteiger partial charge in [0.1, 0.15) is 5.76 Å². The van der Waals surface area contributed by atoms with Crippen molar-refractivity contribution in [3.8, 4) is 0 Å². The van der Waals surface area contributed by atoms with E-state index in [1.807, 2.05) is 23.0 Å². The van der Waals surface area contributed by atoms with Crippen molar-refractivity contribution in [1.82, 2.24) is 14.7 Å². The van der Waals surface area contributed by atoms with Gasteiger partial charge in [0.05, 0.1) is 25.0 Å². The van der Waals surface area contributed by atoms with Crippen LogP contribution in [0.15, 0.2) is 35.2 Å². The van der Waals surface area contributed by atoms with E-state index in [-0.39, 0.29) is 6.04 Å². The minimum absolute atomic E-state index is 0.163. The first kappa shape index (κ1) is 13.8. The maximum absolute atomic E-state index is 5.91. The molecule has 0 spiro atoms. The monoisotopic (exact) mass is 262 g/mol. The molecule has 104 valence electrons. The molecule has 0 aliphatic rings. The summed E-state index contributed by atoms with van der Waals surface area (Å²) in [4.78, 5) is 2.19. The molecule has 0 saturated heterocycles. The molecule has 1 unspecified atom stereocenters. The van der Waals surface area contributed by atoms with Crippen LogP contribution in [0.2, 0.25) is 0 Å². The van der Waals surface area contributed by atoms with E-state index in [1.54, 1.807) is 6.26 Å². The third-order valence-electron chi connectivity index (χ3n) is 3.23. The zero-order valence-electron chi connectivity index (χ0n) is 11.6. The molecule has 5 heteroatoms. The van der Waals surface area contributed by atoms with Crippen molar-refractivity contribution >= 4 is 0 Å². The van der Waals surface area contributed by atoms with Crippen LogP contribution < -0.4 is 5.73 Å². The summed E-state index contributed by atoms with van der Waals surface area (Å²) in [6.07, 6.45) is 6.77. The Morgan fingerprint density at radius 1 is 1.53 bits per heavy atom. The lowest BCUT2D eigenvalue weighted by molar-refractivity contribution is 0.223. The average Bonchev–Trinajstić information content (AvgIpc) is 3.03. The fraction of sp³-hybridized carbons (Fsp3) is 0.500. The summed E-state index contributed by atoms with van der Waals surface area (Å²) in [5.74, 6) is 0.946. The highest BCUT2D eigenvalue weighted by Gasteiger charge is 2.18. The largest absolute Gasteiger partial charge is 0.468 e. The minimum Gasteiger partial charge on any atom is -0.468 e. The molecule has 2 N–H and O–H groups in total. The van der Waals surface area contributed by atoms with Gasteiger partial charge in [-0.3, -0.25) is 9.58 Å². The lowest BCUT2D eigenvalue weighted by atomic mass is 10.1.